The fraction of sp³-hybridized carbons (Fsp3) is 0.875. The van der Waals surface area contributed by atoms with E-state index in [-0.39, 0.29) is 0 Å². The van der Waals surface area contributed by atoms with Gasteiger partial charge in [0.15, 0.2) is 0 Å². The van der Waals surface area contributed by atoms with Crippen LogP contribution in [0.5, 0.6) is 0 Å². The molecule has 0 aliphatic heterocycles. The zero-order valence-electron chi connectivity index (χ0n) is 11.4. The van der Waals surface area contributed by atoms with E-state index in [9.17, 15) is 0 Å². The van der Waals surface area contributed by atoms with Crippen molar-refractivity contribution in [2.45, 2.75) is 64.5 Å². The van der Waals surface area contributed by atoms with Gasteiger partial charge in [0.25, 0.3) is 0 Å². The molecule has 2 fully saturated rings. The molecule has 0 spiro atoms. The molecule has 3 aliphatic rings. The minimum Gasteiger partial charge on any atom is -0.311 e. The molecule has 0 saturated heterocycles. The molecule has 17 heavy (non-hydrogen) atoms. The van der Waals surface area contributed by atoms with Crippen molar-refractivity contribution in [1.29, 1.82) is 0 Å². The number of allylic oxidation sites excluding steroid dienone is 2. The molecule has 0 amide bonds. The van der Waals surface area contributed by atoms with E-state index in [0.717, 1.165) is 35.8 Å². The van der Waals surface area contributed by atoms with E-state index in [1.54, 1.807) is 0 Å². The summed E-state index contributed by atoms with van der Waals surface area (Å²) in [4.78, 5) is 0. The molecule has 0 heterocycles. The fourth-order valence-electron chi connectivity index (χ4n) is 4.48. The van der Waals surface area contributed by atoms with Crippen LogP contribution in [0, 0.1) is 23.7 Å². The lowest BCUT2D eigenvalue weighted by Gasteiger charge is -2.34. The first-order chi connectivity index (χ1) is 8.22. The van der Waals surface area contributed by atoms with Crippen LogP contribution in [0.3, 0.4) is 0 Å². The van der Waals surface area contributed by atoms with Gasteiger partial charge in [0.1, 0.15) is 0 Å². The lowest BCUT2D eigenvalue weighted by Crippen LogP contribution is -2.44. The second-order valence-electron chi connectivity index (χ2n) is 6.87. The Bertz CT molecular complexity index is 296. The molecule has 1 N–H and O–H groups in total. The number of fused-ring (bicyclic) bond motifs is 2. The maximum Gasteiger partial charge on any atom is 0.00754 e. The van der Waals surface area contributed by atoms with Crippen molar-refractivity contribution in [1.82, 2.24) is 5.32 Å². The van der Waals surface area contributed by atoms with E-state index in [1.165, 1.54) is 38.5 Å². The molecule has 6 atom stereocenters. The van der Waals surface area contributed by atoms with Crippen LogP contribution in [-0.2, 0) is 0 Å². The Morgan fingerprint density at radius 2 is 2.00 bits per heavy atom. The van der Waals surface area contributed by atoms with Crippen LogP contribution >= 0.6 is 0 Å². The Morgan fingerprint density at radius 3 is 2.65 bits per heavy atom. The first kappa shape index (κ1) is 11.8. The van der Waals surface area contributed by atoms with Crippen molar-refractivity contribution in [3.63, 3.8) is 0 Å². The van der Waals surface area contributed by atoms with Crippen molar-refractivity contribution in [2.75, 3.05) is 0 Å². The van der Waals surface area contributed by atoms with Crippen molar-refractivity contribution in [3.05, 3.63) is 12.2 Å². The van der Waals surface area contributed by atoms with Crippen LogP contribution in [0.1, 0.15) is 52.4 Å². The van der Waals surface area contributed by atoms with Gasteiger partial charge in [-0.25, -0.2) is 0 Å². The van der Waals surface area contributed by atoms with Gasteiger partial charge >= 0.3 is 0 Å². The van der Waals surface area contributed by atoms with Gasteiger partial charge in [-0.05, 0) is 56.3 Å². The van der Waals surface area contributed by atoms with E-state index < -0.39 is 0 Å². The molecule has 1 heteroatoms. The normalized spacial score (nSPS) is 46.4. The Hall–Kier alpha value is -0.300. The van der Waals surface area contributed by atoms with Gasteiger partial charge in [0, 0.05) is 12.1 Å². The van der Waals surface area contributed by atoms with Crippen LogP contribution in [0.15, 0.2) is 12.2 Å². The third-order valence-corrected chi connectivity index (χ3v) is 5.41. The molecule has 6 unspecified atom stereocenters. The smallest absolute Gasteiger partial charge is 0.00754 e. The standard InChI is InChI=1S/C16H27N/c1-11-4-3-5-15(8-11)17-12(2)16-10-13-6-7-14(16)9-13/h6-7,11-17H,3-5,8-10H2,1-2H3. The summed E-state index contributed by atoms with van der Waals surface area (Å²) in [6, 6.07) is 1.53. The summed E-state index contributed by atoms with van der Waals surface area (Å²) >= 11 is 0. The minimum atomic E-state index is 0.727. The number of hydrogen-bond donors (Lipinski definition) is 1. The van der Waals surface area contributed by atoms with Crippen LogP contribution in [0.4, 0.5) is 0 Å². The second-order valence-corrected chi connectivity index (χ2v) is 6.87. The average Bonchev–Trinajstić information content (AvgIpc) is 2.90. The predicted molar refractivity (Wildman–Crippen MR) is 72.9 cm³/mol. The van der Waals surface area contributed by atoms with Crippen molar-refractivity contribution < 1.29 is 0 Å². The largest absolute Gasteiger partial charge is 0.311 e. The van der Waals surface area contributed by atoms with Crippen molar-refractivity contribution >= 4 is 0 Å². The van der Waals surface area contributed by atoms with Crippen LogP contribution < -0.4 is 5.32 Å². The summed E-state index contributed by atoms with van der Waals surface area (Å²) in [6.45, 7) is 4.84. The second kappa shape index (κ2) is 4.76. The Morgan fingerprint density at radius 1 is 1.12 bits per heavy atom. The first-order valence-electron chi connectivity index (χ1n) is 7.66. The summed E-state index contributed by atoms with van der Waals surface area (Å²) in [5.41, 5.74) is 0. The van der Waals surface area contributed by atoms with Crippen LogP contribution in [-0.4, -0.2) is 12.1 Å². The summed E-state index contributed by atoms with van der Waals surface area (Å²) in [5.74, 6) is 3.67. The number of nitrogens with one attached hydrogen (secondary N) is 1. The number of rotatable bonds is 3. The quantitative estimate of drug-likeness (QED) is 0.732. The molecule has 0 aromatic carbocycles. The van der Waals surface area contributed by atoms with Gasteiger partial charge in [-0.15, -0.1) is 0 Å². The van der Waals surface area contributed by atoms with E-state index in [4.69, 9.17) is 0 Å². The lowest BCUT2D eigenvalue weighted by atomic mass is 9.84. The first-order valence-corrected chi connectivity index (χ1v) is 7.66. The van der Waals surface area contributed by atoms with E-state index in [0.29, 0.717) is 0 Å². The molecule has 2 saturated carbocycles. The molecule has 3 aliphatic carbocycles. The molecule has 96 valence electrons. The molecule has 0 radical (unpaired) electrons. The summed E-state index contributed by atoms with van der Waals surface area (Å²) in [6.07, 6.45) is 13.5. The zero-order chi connectivity index (χ0) is 11.8. The third-order valence-electron chi connectivity index (χ3n) is 5.41. The maximum atomic E-state index is 3.94. The van der Waals surface area contributed by atoms with Gasteiger partial charge in [0.05, 0.1) is 0 Å². The molecular formula is C16H27N. The van der Waals surface area contributed by atoms with Gasteiger partial charge in [0.2, 0.25) is 0 Å². The van der Waals surface area contributed by atoms with E-state index in [1.807, 2.05) is 0 Å². The summed E-state index contributed by atoms with van der Waals surface area (Å²) in [5, 5.41) is 3.94. The Labute approximate surface area is 106 Å². The van der Waals surface area contributed by atoms with Crippen molar-refractivity contribution in [3.8, 4) is 0 Å². The SMILES string of the molecule is CC1CCCC(NC(C)C2CC3C=CC2C3)C1. The molecule has 0 aromatic rings. The highest BCUT2D eigenvalue weighted by molar-refractivity contribution is 5.11. The lowest BCUT2D eigenvalue weighted by molar-refractivity contribution is 0.240. The fourth-order valence-corrected chi connectivity index (χ4v) is 4.48. The van der Waals surface area contributed by atoms with E-state index in [2.05, 4.69) is 31.3 Å². The highest BCUT2D eigenvalue weighted by atomic mass is 15.0. The average molecular weight is 233 g/mol. The van der Waals surface area contributed by atoms with Gasteiger partial charge in [-0.3, -0.25) is 0 Å². The molecule has 3 rings (SSSR count). The minimum absolute atomic E-state index is 0.727. The highest BCUT2D eigenvalue weighted by Crippen LogP contribution is 2.45. The van der Waals surface area contributed by atoms with Gasteiger partial charge in [-0.2, -0.15) is 0 Å². The molecular weight excluding hydrogens is 206 g/mol. The van der Waals surface area contributed by atoms with Gasteiger partial charge < -0.3 is 5.32 Å². The number of hydrogen-bond acceptors (Lipinski definition) is 1. The third kappa shape index (κ3) is 2.45. The molecule has 1 nitrogen and oxygen atoms in total. The highest BCUT2D eigenvalue weighted by Gasteiger charge is 2.38. The summed E-state index contributed by atoms with van der Waals surface area (Å²) < 4.78 is 0. The monoisotopic (exact) mass is 233 g/mol. The van der Waals surface area contributed by atoms with Crippen LogP contribution in [0.25, 0.3) is 0 Å². The Balaban J connectivity index is 1.53. The van der Waals surface area contributed by atoms with E-state index >= 15 is 0 Å². The predicted octanol–water partition coefficient (Wildman–Crippen LogP) is 3.76. The summed E-state index contributed by atoms with van der Waals surface area (Å²) in [7, 11) is 0. The maximum absolute atomic E-state index is 3.94. The molecule has 0 aromatic heterocycles. The Kier molecular flexibility index (Phi) is 3.30. The topological polar surface area (TPSA) is 12.0 Å². The van der Waals surface area contributed by atoms with Gasteiger partial charge in [-0.1, -0.05) is 31.9 Å². The van der Waals surface area contributed by atoms with Crippen molar-refractivity contribution in [2.24, 2.45) is 23.7 Å². The molecule has 2 bridgehead atoms. The van der Waals surface area contributed by atoms with Crippen LogP contribution in [0.2, 0.25) is 0 Å². The zero-order valence-corrected chi connectivity index (χ0v) is 11.4.